The summed E-state index contributed by atoms with van der Waals surface area (Å²) < 4.78 is 33.8. The number of aryl methyl sites for hydroxylation is 1. The van der Waals surface area contributed by atoms with Gasteiger partial charge in [0, 0.05) is 35.6 Å². The van der Waals surface area contributed by atoms with Crippen molar-refractivity contribution in [1.82, 2.24) is 14.5 Å². The van der Waals surface area contributed by atoms with E-state index in [0.29, 0.717) is 11.3 Å². The maximum Gasteiger partial charge on any atom is 0.412 e. The highest BCUT2D eigenvalue weighted by Gasteiger charge is 2.16. The molecular weight excluding hydrogens is 470 g/mol. The van der Waals surface area contributed by atoms with E-state index in [1.807, 2.05) is 29.8 Å². The SMILES string of the molecule is CCn1cc(NC(=O)OCc2ccc(F)c(F)c2)c2cc(-c3nc(CN4CCCC4)cs3)ccc21. The fraction of sp³-hybridized carbons (Fsp3) is 0.308. The molecule has 1 fully saturated rings. The summed E-state index contributed by atoms with van der Waals surface area (Å²) in [7, 11) is 0. The Kier molecular flexibility index (Phi) is 6.79. The van der Waals surface area contributed by atoms with Gasteiger partial charge in [-0.05, 0) is 68.8 Å². The van der Waals surface area contributed by atoms with Crippen LogP contribution in [0.3, 0.4) is 0 Å². The van der Waals surface area contributed by atoms with Crippen molar-refractivity contribution < 1.29 is 18.3 Å². The smallest absolute Gasteiger partial charge is 0.412 e. The number of benzene rings is 2. The van der Waals surface area contributed by atoms with Crippen LogP contribution in [0.15, 0.2) is 48.0 Å². The van der Waals surface area contributed by atoms with Crippen LogP contribution in [-0.2, 0) is 24.4 Å². The van der Waals surface area contributed by atoms with E-state index in [2.05, 4.69) is 21.7 Å². The molecule has 0 atom stereocenters. The van der Waals surface area contributed by atoms with Crippen LogP contribution in [0, 0.1) is 11.6 Å². The highest BCUT2D eigenvalue weighted by molar-refractivity contribution is 7.13. The Morgan fingerprint density at radius 1 is 1.14 bits per heavy atom. The molecule has 4 aromatic rings. The topological polar surface area (TPSA) is 59.4 Å². The quantitative estimate of drug-likeness (QED) is 0.321. The minimum atomic E-state index is -0.976. The third kappa shape index (κ3) is 5.21. The second kappa shape index (κ2) is 10.1. The van der Waals surface area contributed by atoms with Crippen LogP contribution in [0.25, 0.3) is 21.5 Å². The minimum Gasteiger partial charge on any atom is -0.444 e. The van der Waals surface area contributed by atoms with Crippen LogP contribution in [0.1, 0.15) is 31.0 Å². The van der Waals surface area contributed by atoms with Crippen molar-refractivity contribution in [2.45, 2.75) is 39.5 Å². The molecule has 1 aliphatic rings. The highest BCUT2D eigenvalue weighted by atomic mass is 32.1. The zero-order chi connectivity index (χ0) is 24.4. The maximum absolute atomic E-state index is 13.4. The normalized spacial score (nSPS) is 14.0. The zero-order valence-electron chi connectivity index (χ0n) is 19.4. The van der Waals surface area contributed by atoms with Crippen LogP contribution >= 0.6 is 11.3 Å². The molecule has 6 nitrogen and oxygen atoms in total. The van der Waals surface area contributed by atoms with Gasteiger partial charge in [0.1, 0.15) is 11.6 Å². The number of nitrogens with one attached hydrogen (secondary N) is 1. The first kappa shape index (κ1) is 23.4. The summed E-state index contributed by atoms with van der Waals surface area (Å²) >= 11 is 1.62. The van der Waals surface area contributed by atoms with Gasteiger partial charge in [0.15, 0.2) is 11.6 Å². The van der Waals surface area contributed by atoms with Gasteiger partial charge in [-0.15, -0.1) is 11.3 Å². The van der Waals surface area contributed by atoms with E-state index >= 15 is 0 Å². The molecule has 0 unspecified atom stereocenters. The van der Waals surface area contributed by atoms with Crippen molar-refractivity contribution >= 4 is 34.0 Å². The Morgan fingerprint density at radius 3 is 2.74 bits per heavy atom. The van der Waals surface area contributed by atoms with Crippen LogP contribution in [-0.4, -0.2) is 33.6 Å². The average molecular weight is 497 g/mol. The average Bonchev–Trinajstić information content (AvgIpc) is 3.61. The van der Waals surface area contributed by atoms with Gasteiger partial charge in [0.05, 0.1) is 16.9 Å². The number of amides is 1. The maximum atomic E-state index is 13.4. The van der Waals surface area contributed by atoms with Crippen LogP contribution in [0.5, 0.6) is 0 Å². The standard InChI is InChI=1S/C26H26F2N4O2S/c1-2-32-14-23(30-26(33)34-15-17-5-7-21(27)22(28)11-17)20-12-18(6-8-24(20)32)25-29-19(16-35-25)13-31-9-3-4-10-31/h5-8,11-12,14,16H,2-4,9-10,13,15H2,1H3,(H,30,33). The van der Waals surface area contributed by atoms with Crippen molar-refractivity contribution in [3.05, 3.63) is 70.9 Å². The van der Waals surface area contributed by atoms with Gasteiger partial charge in [0.2, 0.25) is 0 Å². The molecule has 0 bridgehead atoms. The Bertz CT molecular complexity index is 1360. The van der Waals surface area contributed by atoms with Crippen molar-refractivity contribution in [2.75, 3.05) is 18.4 Å². The number of ether oxygens (including phenoxy) is 1. The second-order valence-electron chi connectivity index (χ2n) is 8.64. The summed E-state index contributed by atoms with van der Waals surface area (Å²) in [6, 6.07) is 9.53. The first-order chi connectivity index (χ1) is 17.0. The van der Waals surface area contributed by atoms with E-state index in [1.165, 1.54) is 18.9 Å². The van der Waals surface area contributed by atoms with Gasteiger partial charge in [-0.3, -0.25) is 10.2 Å². The molecule has 182 valence electrons. The fourth-order valence-electron chi connectivity index (χ4n) is 4.40. The zero-order valence-corrected chi connectivity index (χ0v) is 20.2. The lowest BCUT2D eigenvalue weighted by molar-refractivity contribution is 0.155. The van der Waals surface area contributed by atoms with E-state index in [9.17, 15) is 13.6 Å². The molecule has 1 aliphatic heterocycles. The molecule has 0 aliphatic carbocycles. The lowest BCUT2D eigenvalue weighted by atomic mass is 10.1. The van der Waals surface area contributed by atoms with Gasteiger partial charge < -0.3 is 9.30 Å². The number of hydrogen-bond acceptors (Lipinski definition) is 5. The van der Waals surface area contributed by atoms with Crippen molar-refractivity contribution in [1.29, 1.82) is 0 Å². The van der Waals surface area contributed by atoms with Crippen LogP contribution in [0.2, 0.25) is 0 Å². The second-order valence-corrected chi connectivity index (χ2v) is 9.50. The molecule has 1 amide bonds. The summed E-state index contributed by atoms with van der Waals surface area (Å²) in [6.07, 6.45) is 3.70. The predicted octanol–water partition coefficient (Wildman–Crippen LogP) is 6.41. The number of halogens is 2. The molecule has 35 heavy (non-hydrogen) atoms. The number of rotatable bonds is 7. The Morgan fingerprint density at radius 2 is 1.97 bits per heavy atom. The Labute approximate surface area is 206 Å². The monoisotopic (exact) mass is 496 g/mol. The van der Waals surface area contributed by atoms with Gasteiger partial charge in [-0.25, -0.2) is 18.6 Å². The Balaban J connectivity index is 1.33. The first-order valence-electron chi connectivity index (χ1n) is 11.7. The number of fused-ring (bicyclic) bond motifs is 1. The number of aromatic nitrogens is 2. The third-order valence-electron chi connectivity index (χ3n) is 6.20. The van der Waals surface area contributed by atoms with E-state index in [0.717, 1.165) is 65.5 Å². The lowest BCUT2D eigenvalue weighted by Crippen LogP contribution is -2.18. The van der Waals surface area contributed by atoms with Gasteiger partial charge in [0.25, 0.3) is 0 Å². The van der Waals surface area contributed by atoms with Crippen LogP contribution < -0.4 is 5.32 Å². The van der Waals surface area contributed by atoms with Crippen LogP contribution in [0.4, 0.5) is 19.3 Å². The number of hydrogen-bond donors (Lipinski definition) is 1. The van der Waals surface area contributed by atoms with E-state index in [4.69, 9.17) is 9.72 Å². The molecule has 5 rings (SSSR count). The molecule has 0 saturated carbocycles. The van der Waals surface area contributed by atoms with Crippen molar-refractivity contribution in [2.24, 2.45) is 0 Å². The largest absolute Gasteiger partial charge is 0.444 e. The summed E-state index contributed by atoms with van der Waals surface area (Å²) in [6.45, 7) is 5.74. The van der Waals surface area contributed by atoms with E-state index in [1.54, 1.807) is 11.3 Å². The number of nitrogens with zero attached hydrogens (tertiary/aromatic N) is 3. The molecule has 1 saturated heterocycles. The number of likely N-dealkylation sites (tertiary alicyclic amines) is 1. The van der Waals surface area contributed by atoms with Gasteiger partial charge in [-0.2, -0.15) is 0 Å². The van der Waals surface area contributed by atoms with Gasteiger partial charge >= 0.3 is 6.09 Å². The lowest BCUT2D eigenvalue weighted by Gasteiger charge is -2.11. The predicted molar refractivity (Wildman–Crippen MR) is 133 cm³/mol. The first-order valence-corrected chi connectivity index (χ1v) is 12.6. The molecular formula is C26H26F2N4O2S. The summed E-state index contributed by atoms with van der Waals surface area (Å²) in [4.78, 5) is 19.7. The van der Waals surface area contributed by atoms with Gasteiger partial charge in [-0.1, -0.05) is 6.07 Å². The molecule has 2 aromatic heterocycles. The molecule has 2 aromatic carbocycles. The number of thiazole rings is 1. The number of carbonyl (C=O) groups excluding carboxylic acids is 1. The number of anilines is 1. The molecule has 9 heteroatoms. The van der Waals surface area contributed by atoms with E-state index < -0.39 is 17.7 Å². The summed E-state index contributed by atoms with van der Waals surface area (Å²) in [5.41, 5.74) is 4.04. The number of carbonyl (C=O) groups is 1. The minimum absolute atomic E-state index is 0.167. The molecule has 0 radical (unpaired) electrons. The molecule has 3 heterocycles. The van der Waals surface area contributed by atoms with E-state index in [-0.39, 0.29) is 6.61 Å². The Hall–Kier alpha value is -3.30. The third-order valence-corrected chi connectivity index (χ3v) is 7.14. The molecule has 0 spiro atoms. The van der Waals surface area contributed by atoms with Crippen molar-refractivity contribution in [3.8, 4) is 10.6 Å². The summed E-state index contributed by atoms with van der Waals surface area (Å²) in [5.74, 6) is -1.92. The molecule has 1 N–H and O–H groups in total. The summed E-state index contributed by atoms with van der Waals surface area (Å²) in [5, 5.41) is 6.73. The fourth-order valence-corrected chi connectivity index (χ4v) is 5.21. The van der Waals surface area contributed by atoms with Crippen molar-refractivity contribution in [3.63, 3.8) is 0 Å². The highest BCUT2D eigenvalue weighted by Crippen LogP contribution is 2.33.